The summed E-state index contributed by atoms with van der Waals surface area (Å²) in [6.45, 7) is 10.5. The maximum atomic E-state index is 12.0. The molecule has 0 saturated heterocycles. The Kier molecular flexibility index (Phi) is 5.70. The van der Waals surface area contributed by atoms with Crippen molar-refractivity contribution in [2.45, 2.75) is 59.4 Å². The molecule has 0 heterocycles. The SMILES string of the molecule is CC(C)(C)CC(C)(C)NC(=O)CCC(=O)c1ccccc1. The van der Waals surface area contributed by atoms with E-state index in [9.17, 15) is 9.59 Å². The summed E-state index contributed by atoms with van der Waals surface area (Å²) < 4.78 is 0. The maximum Gasteiger partial charge on any atom is 0.220 e. The average molecular weight is 289 g/mol. The van der Waals surface area contributed by atoms with Gasteiger partial charge in [0.1, 0.15) is 0 Å². The van der Waals surface area contributed by atoms with Gasteiger partial charge in [-0.25, -0.2) is 0 Å². The van der Waals surface area contributed by atoms with Crippen molar-refractivity contribution in [2.75, 3.05) is 0 Å². The Balaban J connectivity index is 2.46. The monoisotopic (exact) mass is 289 g/mol. The third kappa shape index (κ3) is 7.07. The molecule has 0 aliphatic heterocycles. The standard InChI is InChI=1S/C18H27NO2/c1-17(2,3)13-18(4,5)19-16(21)12-11-15(20)14-9-7-6-8-10-14/h6-10H,11-13H2,1-5H3,(H,19,21). The molecule has 0 saturated carbocycles. The van der Waals surface area contributed by atoms with Crippen molar-refractivity contribution in [1.82, 2.24) is 5.32 Å². The van der Waals surface area contributed by atoms with E-state index in [0.717, 1.165) is 6.42 Å². The fraction of sp³-hybridized carbons (Fsp3) is 0.556. The summed E-state index contributed by atoms with van der Waals surface area (Å²) in [5, 5.41) is 3.03. The van der Waals surface area contributed by atoms with E-state index in [-0.39, 0.29) is 35.5 Å². The van der Waals surface area contributed by atoms with E-state index in [1.165, 1.54) is 0 Å². The van der Waals surface area contributed by atoms with Crippen molar-refractivity contribution in [3.05, 3.63) is 35.9 Å². The molecule has 0 bridgehead atoms. The van der Waals surface area contributed by atoms with Gasteiger partial charge < -0.3 is 5.32 Å². The summed E-state index contributed by atoms with van der Waals surface area (Å²) in [6.07, 6.45) is 1.38. The van der Waals surface area contributed by atoms with Crippen molar-refractivity contribution in [2.24, 2.45) is 5.41 Å². The highest BCUT2D eigenvalue weighted by molar-refractivity contribution is 5.97. The molecule has 3 heteroatoms. The van der Waals surface area contributed by atoms with Gasteiger partial charge in [-0.2, -0.15) is 0 Å². The molecule has 1 aromatic carbocycles. The fourth-order valence-electron chi connectivity index (χ4n) is 2.81. The van der Waals surface area contributed by atoms with Gasteiger partial charge in [0.05, 0.1) is 0 Å². The summed E-state index contributed by atoms with van der Waals surface area (Å²) in [7, 11) is 0. The topological polar surface area (TPSA) is 46.2 Å². The van der Waals surface area contributed by atoms with Gasteiger partial charge in [-0.1, -0.05) is 51.1 Å². The zero-order valence-corrected chi connectivity index (χ0v) is 13.8. The molecule has 0 aliphatic rings. The first kappa shape index (κ1) is 17.4. The van der Waals surface area contributed by atoms with Crippen LogP contribution in [0.4, 0.5) is 0 Å². The lowest BCUT2D eigenvalue weighted by molar-refractivity contribution is -0.122. The fourth-order valence-corrected chi connectivity index (χ4v) is 2.81. The second-order valence-electron chi connectivity index (χ2n) is 7.46. The predicted molar refractivity (Wildman–Crippen MR) is 86.3 cm³/mol. The van der Waals surface area contributed by atoms with E-state index in [4.69, 9.17) is 0 Å². The van der Waals surface area contributed by atoms with Crippen LogP contribution in [-0.4, -0.2) is 17.2 Å². The zero-order valence-electron chi connectivity index (χ0n) is 13.8. The van der Waals surface area contributed by atoms with E-state index in [1.807, 2.05) is 32.0 Å². The minimum absolute atomic E-state index is 0.0133. The molecule has 3 nitrogen and oxygen atoms in total. The van der Waals surface area contributed by atoms with Crippen LogP contribution < -0.4 is 5.32 Å². The predicted octanol–water partition coefficient (Wildman–Crippen LogP) is 3.98. The summed E-state index contributed by atoms with van der Waals surface area (Å²) in [5.41, 5.74) is 0.557. The third-order valence-corrected chi connectivity index (χ3v) is 3.12. The first-order valence-corrected chi connectivity index (χ1v) is 7.48. The molecule has 21 heavy (non-hydrogen) atoms. The number of nitrogens with one attached hydrogen (secondary N) is 1. The minimum atomic E-state index is -0.259. The van der Waals surface area contributed by atoms with Crippen LogP contribution in [0.25, 0.3) is 0 Å². The molecule has 1 amide bonds. The Bertz CT molecular complexity index is 484. The third-order valence-electron chi connectivity index (χ3n) is 3.12. The lowest BCUT2D eigenvalue weighted by Crippen LogP contribution is -2.45. The van der Waals surface area contributed by atoms with Crippen molar-refractivity contribution in [1.29, 1.82) is 0 Å². The number of Topliss-reactive ketones (excluding diaryl/α,β-unsaturated/α-hetero) is 1. The van der Waals surface area contributed by atoms with Crippen LogP contribution >= 0.6 is 0 Å². The molecule has 116 valence electrons. The highest BCUT2D eigenvalue weighted by Gasteiger charge is 2.26. The number of ketones is 1. The van der Waals surface area contributed by atoms with Crippen LogP contribution in [0.15, 0.2) is 30.3 Å². The van der Waals surface area contributed by atoms with E-state index in [0.29, 0.717) is 5.56 Å². The molecule has 0 unspecified atom stereocenters. The Morgan fingerprint density at radius 3 is 2.05 bits per heavy atom. The minimum Gasteiger partial charge on any atom is -0.351 e. The summed E-state index contributed by atoms with van der Waals surface area (Å²) in [5.74, 6) is -0.0482. The van der Waals surface area contributed by atoms with Gasteiger partial charge >= 0.3 is 0 Å². The molecule has 0 spiro atoms. The largest absolute Gasteiger partial charge is 0.351 e. The van der Waals surface area contributed by atoms with Gasteiger partial charge in [-0.15, -0.1) is 0 Å². The number of amides is 1. The molecule has 1 rings (SSSR count). The quantitative estimate of drug-likeness (QED) is 0.805. The van der Waals surface area contributed by atoms with Gasteiger partial charge in [-0.3, -0.25) is 9.59 Å². The lowest BCUT2D eigenvalue weighted by atomic mass is 9.81. The van der Waals surface area contributed by atoms with Crippen LogP contribution in [0.2, 0.25) is 0 Å². The van der Waals surface area contributed by atoms with Gasteiger partial charge in [0, 0.05) is 23.9 Å². The Labute approximate surface area is 128 Å². The number of hydrogen-bond donors (Lipinski definition) is 1. The summed E-state index contributed by atoms with van der Waals surface area (Å²) in [4.78, 5) is 24.0. The highest BCUT2D eigenvalue weighted by atomic mass is 16.2. The first-order chi connectivity index (χ1) is 9.59. The number of carbonyl (C=O) groups is 2. The van der Waals surface area contributed by atoms with E-state index >= 15 is 0 Å². The van der Waals surface area contributed by atoms with Gasteiger partial charge in [0.25, 0.3) is 0 Å². The van der Waals surface area contributed by atoms with E-state index < -0.39 is 0 Å². The summed E-state index contributed by atoms with van der Waals surface area (Å²) in [6, 6.07) is 9.10. The molecular weight excluding hydrogens is 262 g/mol. The van der Waals surface area contributed by atoms with Crippen molar-refractivity contribution in [3.8, 4) is 0 Å². The van der Waals surface area contributed by atoms with Crippen LogP contribution in [0.3, 0.4) is 0 Å². The van der Waals surface area contributed by atoms with Crippen molar-refractivity contribution < 1.29 is 9.59 Å². The highest BCUT2D eigenvalue weighted by Crippen LogP contribution is 2.26. The van der Waals surface area contributed by atoms with Crippen LogP contribution in [0.5, 0.6) is 0 Å². The zero-order chi connectivity index (χ0) is 16.1. The van der Waals surface area contributed by atoms with Gasteiger partial charge in [0.15, 0.2) is 5.78 Å². The van der Waals surface area contributed by atoms with Crippen LogP contribution in [0.1, 0.15) is 64.2 Å². The smallest absolute Gasteiger partial charge is 0.220 e. The Morgan fingerprint density at radius 1 is 0.952 bits per heavy atom. The maximum absolute atomic E-state index is 12.0. The number of carbonyl (C=O) groups excluding carboxylic acids is 2. The molecular formula is C18H27NO2. The van der Waals surface area contributed by atoms with Crippen LogP contribution in [-0.2, 0) is 4.79 Å². The van der Waals surface area contributed by atoms with Crippen molar-refractivity contribution in [3.63, 3.8) is 0 Å². The average Bonchev–Trinajstić information content (AvgIpc) is 2.33. The van der Waals surface area contributed by atoms with E-state index in [2.05, 4.69) is 26.1 Å². The molecule has 1 N–H and O–H groups in total. The molecule has 0 fully saturated rings. The normalized spacial score (nSPS) is 12.0. The Morgan fingerprint density at radius 2 is 1.52 bits per heavy atom. The molecule has 1 aromatic rings. The molecule has 0 atom stereocenters. The van der Waals surface area contributed by atoms with Gasteiger partial charge in [-0.05, 0) is 25.7 Å². The van der Waals surface area contributed by atoms with Crippen LogP contribution in [0, 0.1) is 5.41 Å². The van der Waals surface area contributed by atoms with E-state index in [1.54, 1.807) is 12.1 Å². The molecule has 0 aromatic heterocycles. The number of rotatable bonds is 6. The second kappa shape index (κ2) is 6.88. The number of benzene rings is 1. The number of hydrogen-bond acceptors (Lipinski definition) is 2. The molecule has 0 aliphatic carbocycles. The van der Waals surface area contributed by atoms with Crippen molar-refractivity contribution >= 4 is 11.7 Å². The second-order valence-corrected chi connectivity index (χ2v) is 7.46. The first-order valence-electron chi connectivity index (χ1n) is 7.48. The van der Waals surface area contributed by atoms with Gasteiger partial charge in [0.2, 0.25) is 5.91 Å². The molecule has 0 radical (unpaired) electrons. The lowest BCUT2D eigenvalue weighted by Gasteiger charge is -2.33. The summed E-state index contributed by atoms with van der Waals surface area (Å²) >= 11 is 0. The Hall–Kier alpha value is -1.64.